The molecule has 0 saturated heterocycles. The molecule has 2 aromatic carbocycles. The number of nitrogens with zero attached hydrogens (tertiary/aromatic N) is 2. The monoisotopic (exact) mass is 442 g/mol. The second-order valence-corrected chi connectivity index (χ2v) is 10.1. The van der Waals surface area contributed by atoms with E-state index in [2.05, 4.69) is 9.82 Å². The molecule has 0 atom stereocenters. The molecule has 0 amide bonds. The highest BCUT2D eigenvalue weighted by molar-refractivity contribution is 7.92. The van der Waals surface area contributed by atoms with Gasteiger partial charge in [0.1, 0.15) is 5.69 Å². The van der Waals surface area contributed by atoms with Crippen molar-refractivity contribution in [3.05, 3.63) is 72.9 Å². The summed E-state index contributed by atoms with van der Waals surface area (Å²) in [6.45, 7) is 0. The van der Waals surface area contributed by atoms with Crippen molar-refractivity contribution in [1.29, 1.82) is 0 Å². The fourth-order valence-corrected chi connectivity index (χ4v) is 4.29. The predicted octanol–water partition coefficient (Wildman–Crippen LogP) is 2.69. The van der Waals surface area contributed by atoms with E-state index in [1.165, 1.54) is 12.1 Å². The van der Waals surface area contributed by atoms with Crippen molar-refractivity contribution >= 4 is 31.3 Å². The van der Waals surface area contributed by atoms with Crippen LogP contribution in [-0.4, -0.2) is 32.7 Å². The van der Waals surface area contributed by atoms with E-state index in [9.17, 15) is 16.8 Å². The molecule has 2 heterocycles. The van der Waals surface area contributed by atoms with Crippen LogP contribution in [0.2, 0.25) is 0 Å². The van der Waals surface area contributed by atoms with Crippen LogP contribution in [0.3, 0.4) is 0 Å². The topological polar surface area (TPSA) is 124 Å². The molecule has 0 aliphatic rings. The summed E-state index contributed by atoms with van der Waals surface area (Å²) in [5, 5.41) is 9.87. The zero-order chi connectivity index (χ0) is 21.5. The molecule has 0 unspecified atom stereocenters. The van der Waals surface area contributed by atoms with Gasteiger partial charge in [-0.1, -0.05) is 30.3 Å². The fourth-order valence-electron chi connectivity index (χ4n) is 3.21. The number of fused-ring (bicyclic) bond motifs is 1. The van der Waals surface area contributed by atoms with Gasteiger partial charge in [0.2, 0.25) is 20.0 Å². The molecule has 4 rings (SSSR count). The smallest absolute Gasteiger partial charge is 0.238 e. The molecule has 0 aliphatic heterocycles. The van der Waals surface area contributed by atoms with Crippen LogP contribution in [0.1, 0.15) is 0 Å². The first kappa shape index (κ1) is 20.1. The molecule has 30 heavy (non-hydrogen) atoms. The van der Waals surface area contributed by atoms with E-state index in [0.717, 1.165) is 28.5 Å². The van der Waals surface area contributed by atoms with Crippen LogP contribution in [0.5, 0.6) is 0 Å². The molecule has 154 valence electrons. The highest BCUT2D eigenvalue weighted by Gasteiger charge is 2.17. The number of nitrogens with one attached hydrogen (secondary N) is 1. The summed E-state index contributed by atoms with van der Waals surface area (Å²) >= 11 is 0. The Morgan fingerprint density at radius 1 is 0.867 bits per heavy atom. The Bertz CT molecular complexity index is 1440. The van der Waals surface area contributed by atoms with Crippen LogP contribution in [0, 0.1) is 0 Å². The third-order valence-corrected chi connectivity index (χ3v) is 6.01. The number of rotatable bonds is 5. The molecule has 0 radical (unpaired) electrons. The number of hydrogen-bond donors (Lipinski definition) is 2. The van der Waals surface area contributed by atoms with E-state index in [1.807, 2.05) is 24.4 Å². The average Bonchev–Trinajstić information content (AvgIpc) is 3.06. The van der Waals surface area contributed by atoms with Gasteiger partial charge in [-0.3, -0.25) is 4.72 Å². The maximum Gasteiger partial charge on any atom is 0.238 e. The largest absolute Gasteiger partial charge is 0.284 e. The summed E-state index contributed by atoms with van der Waals surface area (Å²) in [6, 6.07) is 18.8. The summed E-state index contributed by atoms with van der Waals surface area (Å²) in [7, 11) is -7.16. The van der Waals surface area contributed by atoms with Gasteiger partial charge in [-0.2, -0.15) is 5.10 Å². The fraction of sp³-hybridized carbons (Fsp3) is 0.0500. The zero-order valence-corrected chi connectivity index (χ0v) is 17.5. The first-order valence-electron chi connectivity index (χ1n) is 8.81. The highest BCUT2D eigenvalue weighted by Crippen LogP contribution is 2.35. The van der Waals surface area contributed by atoms with E-state index in [4.69, 9.17) is 5.14 Å². The molecule has 10 heteroatoms. The number of nitrogens with two attached hydrogens (primary N) is 1. The Labute approximate surface area is 174 Å². The predicted molar refractivity (Wildman–Crippen MR) is 116 cm³/mol. The van der Waals surface area contributed by atoms with Crippen molar-refractivity contribution < 1.29 is 16.8 Å². The van der Waals surface area contributed by atoms with Gasteiger partial charge in [-0.05, 0) is 42.0 Å². The standard InChI is InChI=1S/C20H18N4O4S2/c1-29(25,26)23-16-9-5-15(6-10-16)20-19(18-4-2-3-13-24(18)22-20)14-7-11-17(12-8-14)30(21,27)28/h2-13,23H,1H3,(H2,21,27,28). The number of aromatic nitrogens is 2. The Kier molecular flexibility index (Phi) is 4.85. The summed E-state index contributed by atoms with van der Waals surface area (Å²) < 4.78 is 50.2. The van der Waals surface area contributed by atoms with E-state index in [0.29, 0.717) is 11.4 Å². The van der Waals surface area contributed by atoms with E-state index < -0.39 is 20.0 Å². The Morgan fingerprint density at radius 2 is 1.50 bits per heavy atom. The van der Waals surface area contributed by atoms with Gasteiger partial charge in [-0.25, -0.2) is 26.5 Å². The van der Waals surface area contributed by atoms with Crippen LogP contribution in [0.4, 0.5) is 5.69 Å². The zero-order valence-electron chi connectivity index (χ0n) is 15.8. The van der Waals surface area contributed by atoms with Gasteiger partial charge in [0.25, 0.3) is 0 Å². The van der Waals surface area contributed by atoms with E-state index >= 15 is 0 Å². The lowest BCUT2D eigenvalue weighted by molar-refractivity contribution is 0.597. The quantitative estimate of drug-likeness (QED) is 0.492. The number of pyridine rings is 1. The molecule has 0 saturated carbocycles. The van der Waals surface area contributed by atoms with Crippen molar-refractivity contribution in [3.8, 4) is 22.4 Å². The van der Waals surface area contributed by atoms with Crippen molar-refractivity contribution in [1.82, 2.24) is 9.61 Å². The van der Waals surface area contributed by atoms with Crippen molar-refractivity contribution in [3.63, 3.8) is 0 Å². The van der Waals surface area contributed by atoms with Gasteiger partial charge >= 0.3 is 0 Å². The molecular formula is C20H18N4O4S2. The van der Waals surface area contributed by atoms with E-state index in [1.54, 1.807) is 40.9 Å². The molecule has 2 aromatic heterocycles. The Morgan fingerprint density at radius 3 is 2.10 bits per heavy atom. The second-order valence-electron chi connectivity index (χ2n) is 6.78. The number of anilines is 1. The highest BCUT2D eigenvalue weighted by atomic mass is 32.2. The van der Waals surface area contributed by atoms with Gasteiger partial charge in [-0.15, -0.1) is 0 Å². The minimum absolute atomic E-state index is 0.0282. The molecule has 4 aromatic rings. The lowest BCUT2D eigenvalue weighted by Gasteiger charge is -2.07. The normalized spacial score (nSPS) is 12.2. The van der Waals surface area contributed by atoms with Crippen LogP contribution in [-0.2, 0) is 20.0 Å². The molecule has 8 nitrogen and oxygen atoms in total. The molecule has 0 fully saturated rings. The van der Waals surface area contributed by atoms with Crippen LogP contribution < -0.4 is 9.86 Å². The van der Waals surface area contributed by atoms with Gasteiger partial charge < -0.3 is 0 Å². The number of benzene rings is 2. The molecule has 0 aliphatic carbocycles. The van der Waals surface area contributed by atoms with E-state index in [-0.39, 0.29) is 4.90 Å². The van der Waals surface area contributed by atoms with Gasteiger partial charge in [0.15, 0.2) is 0 Å². The summed E-state index contributed by atoms with van der Waals surface area (Å²) in [4.78, 5) is 0.0282. The molecule has 3 N–H and O–H groups in total. The third-order valence-electron chi connectivity index (χ3n) is 4.47. The lowest BCUT2D eigenvalue weighted by Crippen LogP contribution is -2.11. The van der Waals surface area contributed by atoms with Crippen molar-refractivity contribution in [2.45, 2.75) is 4.90 Å². The summed E-state index contributed by atoms with van der Waals surface area (Å²) in [6.07, 6.45) is 2.91. The number of sulfonamides is 2. The summed E-state index contributed by atoms with van der Waals surface area (Å²) in [5.74, 6) is 0. The van der Waals surface area contributed by atoms with Crippen molar-refractivity contribution in [2.75, 3.05) is 11.0 Å². The van der Waals surface area contributed by atoms with Crippen LogP contribution >= 0.6 is 0 Å². The molecule has 0 bridgehead atoms. The maximum absolute atomic E-state index is 11.6. The average molecular weight is 443 g/mol. The minimum atomic E-state index is -3.79. The summed E-state index contributed by atoms with van der Waals surface area (Å²) in [5.41, 5.74) is 4.34. The first-order valence-corrected chi connectivity index (χ1v) is 12.2. The minimum Gasteiger partial charge on any atom is -0.284 e. The maximum atomic E-state index is 11.6. The van der Waals surface area contributed by atoms with Gasteiger partial charge in [0.05, 0.1) is 16.7 Å². The Hall–Kier alpha value is -3.21. The number of primary sulfonamides is 1. The SMILES string of the molecule is CS(=O)(=O)Nc1ccc(-c2nn3ccccc3c2-c2ccc(S(N)(=O)=O)cc2)cc1. The molecule has 0 spiro atoms. The Balaban J connectivity index is 1.85. The second kappa shape index (κ2) is 7.24. The molecular weight excluding hydrogens is 424 g/mol. The third kappa shape index (κ3) is 4.06. The van der Waals surface area contributed by atoms with Crippen LogP contribution in [0.25, 0.3) is 27.9 Å². The van der Waals surface area contributed by atoms with Crippen molar-refractivity contribution in [2.24, 2.45) is 5.14 Å². The van der Waals surface area contributed by atoms with Crippen LogP contribution in [0.15, 0.2) is 77.8 Å². The first-order chi connectivity index (χ1) is 14.1. The number of hydrogen-bond acceptors (Lipinski definition) is 5. The van der Waals surface area contributed by atoms with Gasteiger partial charge in [0, 0.05) is 23.0 Å². The lowest BCUT2D eigenvalue weighted by atomic mass is 10.00.